The van der Waals surface area contributed by atoms with E-state index >= 15 is 0 Å². The standard InChI is InChI=1S/C19H27N3OS2/c1-15-8-12-21(13-9-15)17-6-4-16(5-7-17)20-18(23)14-25-19(24)22-10-2-3-11-22/h4-7,15H,2-3,8-14H2,1H3,(H,20,23). The third-order valence-electron chi connectivity index (χ3n) is 4.99. The number of hydrogen-bond acceptors (Lipinski definition) is 4. The molecule has 0 unspecified atom stereocenters. The van der Waals surface area contributed by atoms with Crippen LogP contribution in [-0.2, 0) is 4.79 Å². The summed E-state index contributed by atoms with van der Waals surface area (Å²) in [6.45, 7) is 6.63. The van der Waals surface area contributed by atoms with E-state index in [2.05, 4.69) is 34.2 Å². The smallest absolute Gasteiger partial charge is 0.234 e. The molecule has 4 nitrogen and oxygen atoms in total. The second-order valence-electron chi connectivity index (χ2n) is 7.01. The van der Waals surface area contributed by atoms with Crippen molar-refractivity contribution < 1.29 is 4.79 Å². The molecule has 0 radical (unpaired) electrons. The average Bonchev–Trinajstić information content (AvgIpc) is 3.16. The summed E-state index contributed by atoms with van der Waals surface area (Å²) >= 11 is 6.86. The lowest BCUT2D eigenvalue weighted by Gasteiger charge is -2.32. The summed E-state index contributed by atoms with van der Waals surface area (Å²) < 4.78 is 0.849. The Hall–Kier alpha value is -1.27. The zero-order chi connectivity index (χ0) is 17.6. The fourth-order valence-electron chi connectivity index (χ4n) is 3.34. The predicted molar refractivity (Wildman–Crippen MR) is 112 cm³/mol. The average molecular weight is 378 g/mol. The van der Waals surface area contributed by atoms with Gasteiger partial charge in [-0.1, -0.05) is 30.9 Å². The van der Waals surface area contributed by atoms with Crippen molar-refractivity contribution >= 4 is 45.6 Å². The van der Waals surface area contributed by atoms with Crippen LogP contribution in [0.1, 0.15) is 32.6 Å². The lowest BCUT2D eigenvalue weighted by molar-refractivity contribution is -0.113. The zero-order valence-corrected chi connectivity index (χ0v) is 16.5. The van der Waals surface area contributed by atoms with E-state index < -0.39 is 0 Å². The molecule has 2 fully saturated rings. The SMILES string of the molecule is CC1CCN(c2ccc(NC(=O)CSC(=S)N3CCCC3)cc2)CC1. The van der Waals surface area contributed by atoms with E-state index in [1.165, 1.54) is 43.1 Å². The molecular weight excluding hydrogens is 350 g/mol. The van der Waals surface area contributed by atoms with Crippen LogP contribution in [-0.4, -0.2) is 47.1 Å². The number of nitrogens with zero attached hydrogens (tertiary/aromatic N) is 2. The molecule has 6 heteroatoms. The molecule has 1 aromatic carbocycles. The van der Waals surface area contributed by atoms with E-state index in [0.717, 1.165) is 42.1 Å². The Kier molecular flexibility index (Phi) is 6.59. The minimum absolute atomic E-state index is 0.00564. The largest absolute Gasteiger partial charge is 0.372 e. The zero-order valence-electron chi connectivity index (χ0n) is 14.9. The molecule has 0 atom stereocenters. The van der Waals surface area contributed by atoms with Crippen molar-refractivity contribution in [3.63, 3.8) is 0 Å². The fraction of sp³-hybridized carbons (Fsp3) is 0.579. The van der Waals surface area contributed by atoms with E-state index in [0.29, 0.717) is 5.75 Å². The molecule has 0 saturated carbocycles. The van der Waals surface area contributed by atoms with Crippen LogP contribution in [0, 0.1) is 5.92 Å². The lowest BCUT2D eigenvalue weighted by Crippen LogP contribution is -2.32. The maximum absolute atomic E-state index is 12.1. The first kappa shape index (κ1) is 18.5. The first-order chi connectivity index (χ1) is 12.1. The Morgan fingerprint density at radius 2 is 1.80 bits per heavy atom. The first-order valence-electron chi connectivity index (χ1n) is 9.18. The highest BCUT2D eigenvalue weighted by Crippen LogP contribution is 2.24. The van der Waals surface area contributed by atoms with Crippen LogP contribution in [0.3, 0.4) is 0 Å². The van der Waals surface area contributed by atoms with Gasteiger partial charge in [0.25, 0.3) is 0 Å². The number of thiocarbonyl (C=S) groups is 1. The van der Waals surface area contributed by atoms with Crippen molar-refractivity contribution in [2.45, 2.75) is 32.6 Å². The van der Waals surface area contributed by atoms with Gasteiger partial charge in [0, 0.05) is 37.6 Å². The Bertz CT molecular complexity index is 591. The summed E-state index contributed by atoms with van der Waals surface area (Å²) in [5, 5.41) is 2.97. The van der Waals surface area contributed by atoms with E-state index in [9.17, 15) is 4.79 Å². The summed E-state index contributed by atoms with van der Waals surface area (Å²) in [5.41, 5.74) is 2.10. The number of carbonyl (C=O) groups excluding carboxylic acids is 1. The number of nitrogens with one attached hydrogen (secondary N) is 1. The highest BCUT2D eigenvalue weighted by atomic mass is 32.2. The quantitative estimate of drug-likeness (QED) is 0.803. The van der Waals surface area contributed by atoms with Crippen LogP contribution < -0.4 is 10.2 Å². The number of piperidine rings is 1. The van der Waals surface area contributed by atoms with Crippen LogP contribution in [0.2, 0.25) is 0 Å². The van der Waals surface area contributed by atoms with Crippen molar-refractivity contribution in [2.24, 2.45) is 5.92 Å². The summed E-state index contributed by atoms with van der Waals surface area (Å²) in [7, 11) is 0. The number of anilines is 2. The Balaban J connectivity index is 1.44. The molecule has 2 heterocycles. The highest BCUT2D eigenvalue weighted by molar-refractivity contribution is 8.23. The van der Waals surface area contributed by atoms with Gasteiger partial charge >= 0.3 is 0 Å². The van der Waals surface area contributed by atoms with Crippen LogP contribution in [0.15, 0.2) is 24.3 Å². The maximum atomic E-state index is 12.1. The van der Waals surface area contributed by atoms with E-state index in [4.69, 9.17) is 12.2 Å². The number of benzene rings is 1. The van der Waals surface area contributed by atoms with Gasteiger partial charge in [-0.3, -0.25) is 4.79 Å². The topological polar surface area (TPSA) is 35.6 Å². The molecule has 25 heavy (non-hydrogen) atoms. The van der Waals surface area contributed by atoms with E-state index in [1.54, 1.807) is 0 Å². The van der Waals surface area contributed by atoms with Gasteiger partial charge in [-0.15, -0.1) is 0 Å². The van der Waals surface area contributed by atoms with Crippen molar-refractivity contribution in [3.05, 3.63) is 24.3 Å². The summed E-state index contributed by atoms with van der Waals surface area (Å²) in [4.78, 5) is 16.8. The van der Waals surface area contributed by atoms with Crippen LogP contribution in [0.4, 0.5) is 11.4 Å². The molecule has 1 N–H and O–H groups in total. The van der Waals surface area contributed by atoms with Gasteiger partial charge < -0.3 is 15.1 Å². The van der Waals surface area contributed by atoms with Gasteiger partial charge in [-0.2, -0.15) is 0 Å². The number of likely N-dealkylation sites (tertiary alicyclic amines) is 1. The minimum atomic E-state index is 0.00564. The molecule has 0 spiro atoms. The van der Waals surface area contributed by atoms with Crippen LogP contribution in [0.5, 0.6) is 0 Å². The van der Waals surface area contributed by atoms with Crippen LogP contribution >= 0.6 is 24.0 Å². The number of amides is 1. The highest BCUT2D eigenvalue weighted by Gasteiger charge is 2.17. The van der Waals surface area contributed by atoms with E-state index in [-0.39, 0.29) is 5.91 Å². The molecule has 0 bridgehead atoms. The summed E-state index contributed by atoms with van der Waals surface area (Å²) in [6, 6.07) is 8.20. The predicted octanol–water partition coefficient (Wildman–Crippen LogP) is 3.98. The molecule has 1 amide bonds. The van der Waals surface area contributed by atoms with Crippen molar-refractivity contribution in [2.75, 3.05) is 42.1 Å². The van der Waals surface area contributed by atoms with E-state index in [1.807, 2.05) is 12.1 Å². The maximum Gasteiger partial charge on any atom is 0.234 e. The first-order valence-corrected chi connectivity index (χ1v) is 10.6. The monoisotopic (exact) mass is 377 g/mol. The Morgan fingerprint density at radius 3 is 2.44 bits per heavy atom. The van der Waals surface area contributed by atoms with Gasteiger partial charge in [-0.05, 0) is 55.9 Å². The molecular formula is C19H27N3OS2. The number of thioether (sulfide) groups is 1. The number of hydrogen-bond donors (Lipinski definition) is 1. The Labute approximate surface area is 160 Å². The second kappa shape index (κ2) is 8.90. The van der Waals surface area contributed by atoms with Gasteiger partial charge in [0.2, 0.25) is 5.91 Å². The molecule has 2 aliphatic heterocycles. The normalized spacial score (nSPS) is 18.4. The van der Waals surface area contributed by atoms with Crippen LogP contribution in [0.25, 0.3) is 0 Å². The van der Waals surface area contributed by atoms with Gasteiger partial charge in [0.1, 0.15) is 4.32 Å². The van der Waals surface area contributed by atoms with Crippen molar-refractivity contribution in [1.29, 1.82) is 0 Å². The minimum Gasteiger partial charge on any atom is -0.372 e. The van der Waals surface area contributed by atoms with Gasteiger partial charge in [0.05, 0.1) is 5.75 Å². The molecule has 0 aliphatic carbocycles. The third-order valence-corrected chi connectivity index (χ3v) is 6.51. The molecule has 1 aromatic rings. The third kappa shape index (κ3) is 5.35. The molecule has 0 aromatic heterocycles. The lowest BCUT2D eigenvalue weighted by atomic mass is 9.99. The molecule has 2 aliphatic rings. The molecule has 136 valence electrons. The Morgan fingerprint density at radius 1 is 1.16 bits per heavy atom. The summed E-state index contributed by atoms with van der Waals surface area (Å²) in [5.74, 6) is 1.21. The molecule has 2 saturated heterocycles. The van der Waals surface area contributed by atoms with Gasteiger partial charge in [-0.25, -0.2) is 0 Å². The van der Waals surface area contributed by atoms with Crippen molar-refractivity contribution in [1.82, 2.24) is 4.90 Å². The second-order valence-corrected chi connectivity index (χ2v) is 8.62. The summed E-state index contributed by atoms with van der Waals surface area (Å²) in [6.07, 6.45) is 4.92. The molecule has 3 rings (SSSR count). The van der Waals surface area contributed by atoms with Crippen molar-refractivity contribution in [3.8, 4) is 0 Å². The number of rotatable bonds is 4. The fourth-order valence-corrected chi connectivity index (χ4v) is 4.39. The van der Waals surface area contributed by atoms with Gasteiger partial charge in [0.15, 0.2) is 0 Å². The number of carbonyl (C=O) groups is 1.